The first kappa shape index (κ1) is 13.8. The molecule has 1 N–H and O–H groups in total. The molecule has 1 amide bonds. The van der Waals surface area contributed by atoms with Crippen LogP contribution in [0.1, 0.15) is 10.4 Å². The fourth-order valence-electron chi connectivity index (χ4n) is 1.93. The number of nitrogens with zero attached hydrogens (tertiary/aromatic N) is 2. The van der Waals surface area contributed by atoms with Crippen LogP contribution < -0.4 is 10.1 Å². The van der Waals surface area contributed by atoms with Crippen LogP contribution in [0, 0.1) is 0 Å². The minimum atomic E-state index is -0.298. The molecule has 0 saturated heterocycles. The van der Waals surface area contributed by atoms with Gasteiger partial charge in [-0.3, -0.25) is 15.1 Å². The van der Waals surface area contributed by atoms with Gasteiger partial charge in [0.2, 0.25) is 5.88 Å². The number of amides is 1. The standard InChI is InChI=1S/C16H13N3O3/c1-21-13-6-2-4-11(8-13)16(20)18-15-9-14(19-22-15)12-5-3-7-17-10-12/h2-10H,1H3,(H,18,20). The summed E-state index contributed by atoms with van der Waals surface area (Å²) >= 11 is 0. The second kappa shape index (κ2) is 6.09. The average Bonchev–Trinajstić information content (AvgIpc) is 3.04. The van der Waals surface area contributed by atoms with Crippen LogP contribution in [0.5, 0.6) is 5.75 Å². The lowest BCUT2D eigenvalue weighted by atomic mass is 10.2. The lowest BCUT2D eigenvalue weighted by molar-refractivity contribution is 0.102. The van der Waals surface area contributed by atoms with Crippen LogP contribution >= 0.6 is 0 Å². The van der Waals surface area contributed by atoms with Gasteiger partial charge in [0.15, 0.2) is 0 Å². The maximum atomic E-state index is 12.2. The minimum Gasteiger partial charge on any atom is -0.497 e. The third kappa shape index (κ3) is 2.95. The smallest absolute Gasteiger partial charge is 0.258 e. The van der Waals surface area contributed by atoms with Gasteiger partial charge in [-0.05, 0) is 30.3 Å². The first-order chi connectivity index (χ1) is 10.8. The maximum Gasteiger partial charge on any atom is 0.258 e. The SMILES string of the molecule is COc1cccc(C(=O)Nc2cc(-c3cccnc3)no2)c1. The summed E-state index contributed by atoms with van der Waals surface area (Å²) in [6.07, 6.45) is 3.35. The van der Waals surface area contributed by atoms with E-state index in [1.807, 2.05) is 6.07 Å². The van der Waals surface area contributed by atoms with Crippen LogP contribution in [0.4, 0.5) is 5.88 Å². The van der Waals surface area contributed by atoms with Crippen molar-refractivity contribution in [1.29, 1.82) is 0 Å². The molecule has 0 fully saturated rings. The molecule has 0 saturated carbocycles. The normalized spacial score (nSPS) is 10.2. The molecular formula is C16H13N3O3. The number of hydrogen-bond donors (Lipinski definition) is 1. The Morgan fingerprint density at radius 2 is 2.14 bits per heavy atom. The predicted molar refractivity (Wildman–Crippen MR) is 80.7 cm³/mol. The molecule has 0 aliphatic carbocycles. The zero-order chi connectivity index (χ0) is 15.4. The summed E-state index contributed by atoms with van der Waals surface area (Å²) in [5.41, 5.74) is 1.89. The summed E-state index contributed by atoms with van der Waals surface area (Å²) in [7, 11) is 1.55. The van der Waals surface area contributed by atoms with Gasteiger partial charge in [0.1, 0.15) is 11.4 Å². The van der Waals surface area contributed by atoms with E-state index in [9.17, 15) is 4.79 Å². The Morgan fingerprint density at radius 1 is 1.23 bits per heavy atom. The third-order valence-corrected chi connectivity index (χ3v) is 3.04. The number of rotatable bonds is 4. The third-order valence-electron chi connectivity index (χ3n) is 3.04. The molecule has 2 aromatic heterocycles. The van der Waals surface area contributed by atoms with Crippen molar-refractivity contribution in [3.05, 3.63) is 60.4 Å². The number of anilines is 1. The molecule has 0 unspecified atom stereocenters. The van der Waals surface area contributed by atoms with Crippen LogP contribution in [0.3, 0.4) is 0 Å². The molecule has 3 aromatic rings. The Kier molecular flexibility index (Phi) is 3.82. The van der Waals surface area contributed by atoms with Crippen molar-refractivity contribution in [3.8, 4) is 17.0 Å². The van der Waals surface area contributed by atoms with Crippen molar-refractivity contribution < 1.29 is 14.1 Å². The molecule has 0 bridgehead atoms. The number of aromatic nitrogens is 2. The van der Waals surface area contributed by atoms with E-state index in [0.29, 0.717) is 17.0 Å². The minimum absolute atomic E-state index is 0.270. The number of pyridine rings is 1. The van der Waals surface area contributed by atoms with Crippen LogP contribution in [0.25, 0.3) is 11.3 Å². The van der Waals surface area contributed by atoms with E-state index < -0.39 is 0 Å². The van der Waals surface area contributed by atoms with Crippen LogP contribution in [0.2, 0.25) is 0 Å². The Morgan fingerprint density at radius 3 is 2.91 bits per heavy atom. The number of carbonyl (C=O) groups is 1. The summed E-state index contributed by atoms with van der Waals surface area (Å²) in [5.74, 6) is 0.584. The van der Waals surface area contributed by atoms with Crippen molar-refractivity contribution in [1.82, 2.24) is 10.1 Å². The molecule has 0 atom stereocenters. The first-order valence-corrected chi connectivity index (χ1v) is 6.59. The van der Waals surface area contributed by atoms with Gasteiger partial charge in [-0.2, -0.15) is 0 Å². The molecule has 0 spiro atoms. The molecule has 6 heteroatoms. The van der Waals surface area contributed by atoms with Gasteiger partial charge >= 0.3 is 0 Å². The number of hydrogen-bond acceptors (Lipinski definition) is 5. The van der Waals surface area contributed by atoms with E-state index in [-0.39, 0.29) is 11.8 Å². The summed E-state index contributed by atoms with van der Waals surface area (Å²) in [6.45, 7) is 0. The zero-order valence-electron chi connectivity index (χ0n) is 11.8. The molecule has 6 nitrogen and oxygen atoms in total. The van der Waals surface area contributed by atoms with Crippen LogP contribution in [-0.2, 0) is 0 Å². The summed E-state index contributed by atoms with van der Waals surface area (Å²) < 4.78 is 10.2. The Balaban J connectivity index is 1.76. The lowest BCUT2D eigenvalue weighted by Gasteiger charge is -2.03. The summed E-state index contributed by atoms with van der Waals surface area (Å²) in [5, 5.41) is 6.57. The van der Waals surface area contributed by atoms with Gasteiger partial charge in [0.25, 0.3) is 5.91 Å². The first-order valence-electron chi connectivity index (χ1n) is 6.59. The highest BCUT2D eigenvalue weighted by atomic mass is 16.5. The van der Waals surface area contributed by atoms with Gasteiger partial charge in [-0.1, -0.05) is 11.2 Å². The van der Waals surface area contributed by atoms with Gasteiger partial charge in [0, 0.05) is 29.6 Å². The van der Waals surface area contributed by atoms with Crippen molar-refractivity contribution in [3.63, 3.8) is 0 Å². The Hall–Kier alpha value is -3.15. The van der Waals surface area contributed by atoms with Gasteiger partial charge in [-0.15, -0.1) is 0 Å². The van der Waals surface area contributed by atoms with Crippen LogP contribution in [0.15, 0.2) is 59.4 Å². The van der Waals surface area contributed by atoms with E-state index in [0.717, 1.165) is 5.56 Å². The fraction of sp³-hybridized carbons (Fsp3) is 0.0625. The highest BCUT2D eigenvalue weighted by Crippen LogP contribution is 2.21. The van der Waals surface area contributed by atoms with E-state index in [4.69, 9.17) is 9.26 Å². The van der Waals surface area contributed by atoms with Gasteiger partial charge in [0.05, 0.1) is 7.11 Å². The molecule has 0 radical (unpaired) electrons. The molecule has 3 rings (SSSR count). The number of ether oxygens (including phenoxy) is 1. The monoisotopic (exact) mass is 295 g/mol. The van der Waals surface area contributed by atoms with Crippen molar-refractivity contribution >= 4 is 11.8 Å². The van der Waals surface area contributed by atoms with Crippen molar-refractivity contribution in [2.75, 3.05) is 12.4 Å². The number of methoxy groups -OCH3 is 1. The van der Waals surface area contributed by atoms with Gasteiger partial charge < -0.3 is 9.26 Å². The van der Waals surface area contributed by atoms with E-state index in [1.54, 1.807) is 55.9 Å². The topological polar surface area (TPSA) is 77.2 Å². The number of benzene rings is 1. The van der Waals surface area contributed by atoms with E-state index in [2.05, 4.69) is 15.5 Å². The molecule has 0 aliphatic rings. The molecule has 2 heterocycles. The van der Waals surface area contributed by atoms with Crippen molar-refractivity contribution in [2.45, 2.75) is 0 Å². The number of carbonyl (C=O) groups excluding carboxylic acids is 1. The number of nitrogens with one attached hydrogen (secondary N) is 1. The fourth-order valence-corrected chi connectivity index (χ4v) is 1.93. The highest BCUT2D eigenvalue weighted by Gasteiger charge is 2.12. The van der Waals surface area contributed by atoms with Crippen molar-refractivity contribution in [2.24, 2.45) is 0 Å². The molecule has 1 aromatic carbocycles. The molecule has 0 aliphatic heterocycles. The summed E-state index contributed by atoms with van der Waals surface area (Å²) in [6, 6.07) is 12.2. The molecule has 22 heavy (non-hydrogen) atoms. The zero-order valence-corrected chi connectivity index (χ0v) is 11.8. The average molecular weight is 295 g/mol. The largest absolute Gasteiger partial charge is 0.497 e. The van der Waals surface area contributed by atoms with E-state index in [1.165, 1.54) is 0 Å². The lowest BCUT2D eigenvalue weighted by Crippen LogP contribution is -2.11. The predicted octanol–water partition coefficient (Wildman–Crippen LogP) is 3.00. The highest BCUT2D eigenvalue weighted by molar-refractivity contribution is 6.03. The van der Waals surface area contributed by atoms with Crippen LogP contribution in [-0.4, -0.2) is 23.2 Å². The second-order valence-electron chi connectivity index (χ2n) is 4.50. The molecule has 110 valence electrons. The van der Waals surface area contributed by atoms with Gasteiger partial charge in [-0.25, -0.2) is 0 Å². The molecular weight excluding hydrogens is 282 g/mol. The Bertz CT molecular complexity index is 784. The summed E-state index contributed by atoms with van der Waals surface area (Å²) in [4.78, 5) is 16.2. The maximum absolute atomic E-state index is 12.2. The van der Waals surface area contributed by atoms with E-state index >= 15 is 0 Å². The quantitative estimate of drug-likeness (QED) is 0.800. The Labute approximate surface area is 126 Å². The second-order valence-corrected chi connectivity index (χ2v) is 4.50.